The number of aromatic nitrogens is 1. The molecule has 1 rings (SSSR count). The zero-order valence-electron chi connectivity index (χ0n) is 10.4. The summed E-state index contributed by atoms with van der Waals surface area (Å²) in [6.45, 7) is 3.29. The lowest BCUT2D eigenvalue weighted by Crippen LogP contribution is -2.53. The summed E-state index contributed by atoms with van der Waals surface area (Å²) in [4.78, 5) is 26.1. The van der Waals surface area contributed by atoms with Gasteiger partial charge in [-0.05, 0) is 38.0 Å². The normalized spacial score (nSPS) is 10.8. The number of urea groups is 1. The third-order valence-corrected chi connectivity index (χ3v) is 2.41. The molecule has 6 nitrogen and oxygen atoms in total. The number of aliphatic carboxylic acids is 1. The van der Waals surface area contributed by atoms with Crippen molar-refractivity contribution >= 4 is 12.0 Å². The molecule has 0 spiro atoms. The average Bonchev–Trinajstić information content (AvgIpc) is 2.29. The highest BCUT2D eigenvalue weighted by molar-refractivity contribution is 5.85. The van der Waals surface area contributed by atoms with Crippen LogP contribution in [0.2, 0.25) is 0 Å². The molecule has 0 aliphatic heterocycles. The standard InChI is InChI=1S/C12H17N3O3/c1-12(2,10(16)17)15-11(18)14-8-5-9-3-6-13-7-4-9/h3-4,6-7H,5,8H2,1-2H3,(H,16,17)(H2,14,15,18). The van der Waals surface area contributed by atoms with Crippen molar-refractivity contribution in [2.75, 3.05) is 6.54 Å². The van der Waals surface area contributed by atoms with Crippen molar-refractivity contribution in [3.8, 4) is 0 Å². The number of amides is 2. The van der Waals surface area contributed by atoms with E-state index >= 15 is 0 Å². The Hall–Kier alpha value is -2.11. The number of hydrogen-bond donors (Lipinski definition) is 3. The van der Waals surface area contributed by atoms with E-state index in [1.165, 1.54) is 13.8 Å². The summed E-state index contributed by atoms with van der Waals surface area (Å²) in [5.74, 6) is -1.08. The van der Waals surface area contributed by atoms with Crippen LogP contribution in [0.3, 0.4) is 0 Å². The largest absolute Gasteiger partial charge is 0.480 e. The second-order valence-corrected chi connectivity index (χ2v) is 4.42. The van der Waals surface area contributed by atoms with Gasteiger partial charge in [-0.3, -0.25) is 4.98 Å². The quantitative estimate of drug-likeness (QED) is 0.721. The zero-order chi connectivity index (χ0) is 13.6. The van der Waals surface area contributed by atoms with Crippen LogP contribution in [0.5, 0.6) is 0 Å². The Balaban J connectivity index is 2.32. The molecule has 3 N–H and O–H groups in total. The van der Waals surface area contributed by atoms with Crippen molar-refractivity contribution in [2.24, 2.45) is 0 Å². The van der Waals surface area contributed by atoms with Gasteiger partial charge in [0.2, 0.25) is 0 Å². The van der Waals surface area contributed by atoms with Crippen molar-refractivity contribution in [3.05, 3.63) is 30.1 Å². The number of hydrogen-bond acceptors (Lipinski definition) is 3. The second-order valence-electron chi connectivity index (χ2n) is 4.42. The zero-order valence-corrected chi connectivity index (χ0v) is 10.4. The van der Waals surface area contributed by atoms with Crippen LogP contribution in [-0.2, 0) is 11.2 Å². The molecule has 1 heterocycles. The summed E-state index contributed by atoms with van der Waals surface area (Å²) in [5.41, 5.74) is -0.219. The Morgan fingerprint density at radius 2 is 1.94 bits per heavy atom. The highest BCUT2D eigenvalue weighted by atomic mass is 16.4. The third kappa shape index (κ3) is 4.40. The summed E-state index contributed by atoms with van der Waals surface area (Å²) >= 11 is 0. The summed E-state index contributed by atoms with van der Waals surface area (Å²) in [7, 11) is 0. The lowest BCUT2D eigenvalue weighted by atomic mass is 10.1. The maximum Gasteiger partial charge on any atom is 0.328 e. The topological polar surface area (TPSA) is 91.3 Å². The van der Waals surface area contributed by atoms with Crippen LogP contribution in [-0.4, -0.2) is 34.2 Å². The summed E-state index contributed by atoms with van der Waals surface area (Å²) in [5, 5.41) is 13.8. The van der Waals surface area contributed by atoms with Gasteiger partial charge in [0.1, 0.15) is 5.54 Å². The van der Waals surface area contributed by atoms with Crippen LogP contribution in [0, 0.1) is 0 Å². The Bertz CT molecular complexity index is 418. The Morgan fingerprint density at radius 3 is 2.50 bits per heavy atom. The Morgan fingerprint density at radius 1 is 1.33 bits per heavy atom. The first kappa shape index (κ1) is 14.0. The lowest BCUT2D eigenvalue weighted by molar-refractivity contribution is -0.142. The minimum absolute atomic E-state index is 0.436. The Kier molecular flexibility index (Phi) is 4.65. The number of carboxylic acid groups (broad SMARTS) is 1. The van der Waals surface area contributed by atoms with Crippen LogP contribution in [0.15, 0.2) is 24.5 Å². The van der Waals surface area contributed by atoms with Gasteiger partial charge < -0.3 is 15.7 Å². The van der Waals surface area contributed by atoms with Crippen molar-refractivity contribution < 1.29 is 14.7 Å². The molecule has 0 saturated heterocycles. The van der Waals surface area contributed by atoms with Crippen LogP contribution < -0.4 is 10.6 Å². The predicted octanol–water partition coefficient (Wildman–Crippen LogP) is 0.786. The first-order chi connectivity index (χ1) is 8.42. The molecule has 0 aromatic carbocycles. The van der Waals surface area contributed by atoms with Gasteiger partial charge in [-0.25, -0.2) is 9.59 Å². The van der Waals surface area contributed by atoms with Gasteiger partial charge in [0, 0.05) is 18.9 Å². The number of carboxylic acids is 1. The van der Waals surface area contributed by atoms with E-state index in [-0.39, 0.29) is 0 Å². The fourth-order valence-corrected chi connectivity index (χ4v) is 1.25. The molecule has 0 aliphatic rings. The number of rotatable bonds is 5. The van der Waals surface area contributed by atoms with E-state index in [1.807, 2.05) is 12.1 Å². The number of carbonyl (C=O) groups is 2. The first-order valence-corrected chi connectivity index (χ1v) is 5.60. The number of pyridine rings is 1. The van der Waals surface area contributed by atoms with E-state index in [1.54, 1.807) is 12.4 Å². The van der Waals surface area contributed by atoms with E-state index in [9.17, 15) is 9.59 Å². The van der Waals surface area contributed by atoms with Gasteiger partial charge in [-0.15, -0.1) is 0 Å². The average molecular weight is 251 g/mol. The fraction of sp³-hybridized carbons (Fsp3) is 0.417. The first-order valence-electron chi connectivity index (χ1n) is 5.60. The van der Waals surface area contributed by atoms with Gasteiger partial charge in [-0.1, -0.05) is 0 Å². The van der Waals surface area contributed by atoms with Crippen molar-refractivity contribution in [3.63, 3.8) is 0 Å². The second kappa shape index (κ2) is 6.00. The molecule has 18 heavy (non-hydrogen) atoms. The monoisotopic (exact) mass is 251 g/mol. The van der Waals surface area contributed by atoms with Crippen molar-refractivity contribution in [1.82, 2.24) is 15.6 Å². The molecule has 1 aromatic heterocycles. The molecule has 0 atom stereocenters. The van der Waals surface area contributed by atoms with E-state index in [0.29, 0.717) is 13.0 Å². The molecule has 0 radical (unpaired) electrons. The fourth-order valence-electron chi connectivity index (χ4n) is 1.25. The molecule has 1 aromatic rings. The molecular weight excluding hydrogens is 234 g/mol. The minimum atomic E-state index is -1.28. The number of nitrogens with one attached hydrogen (secondary N) is 2. The summed E-state index contributed by atoms with van der Waals surface area (Å²) in [6.07, 6.45) is 4.04. The molecule has 0 unspecified atom stereocenters. The molecule has 98 valence electrons. The van der Waals surface area contributed by atoms with E-state index < -0.39 is 17.5 Å². The number of nitrogens with zero attached hydrogens (tertiary/aromatic N) is 1. The molecule has 0 bridgehead atoms. The molecule has 0 aliphatic carbocycles. The molecule has 0 fully saturated rings. The van der Waals surface area contributed by atoms with Gasteiger partial charge >= 0.3 is 12.0 Å². The maximum absolute atomic E-state index is 11.5. The van der Waals surface area contributed by atoms with Gasteiger partial charge in [0.25, 0.3) is 0 Å². The van der Waals surface area contributed by atoms with Gasteiger partial charge in [0.05, 0.1) is 0 Å². The van der Waals surface area contributed by atoms with Crippen LogP contribution in [0.25, 0.3) is 0 Å². The SMILES string of the molecule is CC(C)(NC(=O)NCCc1ccncc1)C(=O)O. The van der Waals surface area contributed by atoms with Crippen molar-refractivity contribution in [2.45, 2.75) is 25.8 Å². The molecule has 2 amide bonds. The van der Waals surface area contributed by atoms with Gasteiger partial charge in [0.15, 0.2) is 0 Å². The minimum Gasteiger partial charge on any atom is -0.480 e. The summed E-state index contributed by atoms with van der Waals surface area (Å²) in [6, 6.07) is 3.23. The highest BCUT2D eigenvalue weighted by Crippen LogP contribution is 2.01. The number of carbonyl (C=O) groups excluding carboxylic acids is 1. The van der Waals surface area contributed by atoms with E-state index in [0.717, 1.165) is 5.56 Å². The lowest BCUT2D eigenvalue weighted by Gasteiger charge is -2.21. The maximum atomic E-state index is 11.5. The van der Waals surface area contributed by atoms with Crippen molar-refractivity contribution in [1.29, 1.82) is 0 Å². The third-order valence-electron chi connectivity index (χ3n) is 2.41. The molecular formula is C12H17N3O3. The van der Waals surface area contributed by atoms with E-state index in [4.69, 9.17) is 5.11 Å². The predicted molar refractivity (Wildman–Crippen MR) is 66.2 cm³/mol. The van der Waals surface area contributed by atoms with Gasteiger partial charge in [-0.2, -0.15) is 0 Å². The van der Waals surface area contributed by atoms with Crippen LogP contribution in [0.1, 0.15) is 19.4 Å². The van der Waals surface area contributed by atoms with E-state index in [2.05, 4.69) is 15.6 Å². The highest BCUT2D eigenvalue weighted by Gasteiger charge is 2.28. The van der Waals surface area contributed by atoms with Crippen LogP contribution >= 0.6 is 0 Å². The van der Waals surface area contributed by atoms with Crippen LogP contribution in [0.4, 0.5) is 4.79 Å². The Labute approximate surface area is 105 Å². The summed E-state index contributed by atoms with van der Waals surface area (Å²) < 4.78 is 0. The molecule has 0 saturated carbocycles. The smallest absolute Gasteiger partial charge is 0.328 e. The molecule has 6 heteroatoms.